The van der Waals surface area contributed by atoms with Gasteiger partial charge >= 0.3 is 5.97 Å². The third-order valence-electron chi connectivity index (χ3n) is 3.50. The van der Waals surface area contributed by atoms with Gasteiger partial charge in [-0.15, -0.1) is 0 Å². The predicted octanol–water partition coefficient (Wildman–Crippen LogP) is 0.641. The smallest absolute Gasteiger partial charge is 0.356 e. The lowest BCUT2D eigenvalue weighted by Gasteiger charge is -2.27. The second kappa shape index (κ2) is 5.47. The molecule has 1 aliphatic heterocycles. The van der Waals surface area contributed by atoms with E-state index in [0.717, 1.165) is 0 Å². The maximum atomic E-state index is 12.5. The molecule has 0 spiro atoms. The van der Waals surface area contributed by atoms with Gasteiger partial charge in [-0.3, -0.25) is 9.48 Å². The highest BCUT2D eigenvalue weighted by Crippen LogP contribution is 2.18. The van der Waals surface area contributed by atoms with Crippen molar-refractivity contribution in [2.24, 2.45) is 0 Å². The van der Waals surface area contributed by atoms with Gasteiger partial charge in [0.25, 0.3) is 5.91 Å². The number of aromatic carboxylic acids is 1. The number of hydrogen-bond donors (Lipinski definition) is 1. The van der Waals surface area contributed by atoms with Crippen LogP contribution in [-0.4, -0.2) is 50.3 Å². The molecule has 1 amide bonds. The number of carbonyl (C=O) groups excluding carboxylic acids is 1. The van der Waals surface area contributed by atoms with Gasteiger partial charge in [-0.2, -0.15) is 5.10 Å². The van der Waals surface area contributed by atoms with Gasteiger partial charge < -0.3 is 14.7 Å². The zero-order valence-electron chi connectivity index (χ0n) is 11.9. The van der Waals surface area contributed by atoms with E-state index >= 15 is 0 Å². The van der Waals surface area contributed by atoms with Gasteiger partial charge in [0.05, 0.1) is 25.9 Å². The second-order valence-corrected chi connectivity index (χ2v) is 4.86. The number of methoxy groups -OCH3 is 1. The maximum Gasteiger partial charge on any atom is 0.356 e. The number of hydrogen-bond acceptors (Lipinski definition) is 5. The summed E-state index contributed by atoms with van der Waals surface area (Å²) in [5.41, 5.74) is 1.19. The highest BCUT2D eigenvalue weighted by molar-refractivity contribution is 5.94. The molecule has 8 nitrogen and oxygen atoms in total. The van der Waals surface area contributed by atoms with Gasteiger partial charge in [-0.05, 0) is 12.1 Å². The average molecular weight is 302 g/mol. The molecule has 0 saturated carbocycles. The Labute approximate surface area is 125 Å². The minimum absolute atomic E-state index is 0.00474. The lowest BCUT2D eigenvalue weighted by Crippen LogP contribution is -2.38. The van der Waals surface area contributed by atoms with Gasteiger partial charge in [0, 0.05) is 24.4 Å². The molecule has 1 aliphatic rings. The van der Waals surface area contributed by atoms with Crippen LogP contribution in [-0.2, 0) is 13.1 Å². The summed E-state index contributed by atoms with van der Waals surface area (Å²) in [7, 11) is 1.49. The summed E-state index contributed by atoms with van der Waals surface area (Å²) >= 11 is 0. The van der Waals surface area contributed by atoms with Crippen LogP contribution in [0.4, 0.5) is 0 Å². The summed E-state index contributed by atoms with van der Waals surface area (Å²) < 4.78 is 6.64. The van der Waals surface area contributed by atoms with Crippen LogP contribution in [0.2, 0.25) is 0 Å². The van der Waals surface area contributed by atoms with E-state index in [1.165, 1.54) is 19.4 Å². The van der Waals surface area contributed by atoms with E-state index in [0.29, 0.717) is 36.8 Å². The molecule has 0 bridgehead atoms. The number of carbonyl (C=O) groups is 2. The number of carboxylic acid groups (broad SMARTS) is 1. The van der Waals surface area contributed by atoms with Crippen molar-refractivity contribution in [1.29, 1.82) is 0 Å². The molecule has 3 heterocycles. The predicted molar refractivity (Wildman–Crippen MR) is 74.7 cm³/mol. The van der Waals surface area contributed by atoms with E-state index in [1.54, 1.807) is 21.7 Å². The summed E-state index contributed by atoms with van der Waals surface area (Å²) in [4.78, 5) is 29.1. The number of ether oxygens (including phenoxy) is 1. The molecule has 1 N–H and O–H groups in total. The molecule has 0 saturated heterocycles. The molecule has 2 aromatic rings. The number of rotatable bonds is 3. The van der Waals surface area contributed by atoms with Crippen LogP contribution >= 0.6 is 0 Å². The molecule has 0 atom stereocenters. The standard InChI is InChI=1S/C14H14N4O4/c1-22-12-6-9(2-3-15-12)13(19)17-4-5-18-10(8-17)7-11(16-18)14(20)21/h2-3,6-7H,4-5,8H2,1H3,(H,20,21). The molecule has 2 aromatic heterocycles. The molecule has 0 radical (unpaired) electrons. The van der Waals surface area contributed by atoms with Gasteiger partial charge in [0.15, 0.2) is 5.69 Å². The molecule has 0 aromatic carbocycles. The van der Waals surface area contributed by atoms with Crippen molar-refractivity contribution in [2.75, 3.05) is 13.7 Å². The number of nitrogens with zero attached hydrogens (tertiary/aromatic N) is 4. The van der Waals surface area contributed by atoms with Crippen LogP contribution in [0, 0.1) is 0 Å². The van der Waals surface area contributed by atoms with E-state index in [4.69, 9.17) is 9.84 Å². The first-order chi connectivity index (χ1) is 10.6. The summed E-state index contributed by atoms with van der Waals surface area (Å²) in [5.74, 6) is -0.843. The van der Waals surface area contributed by atoms with Gasteiger partial charge in [0.2, 0.25) is 5.88 Å². The largest absolute Gasteiger partial charge is 0.481 e. The Bertz CT molecular complexity index is 740. The fourth-order valence-corrected chi connectivity index (χ4v) is 2.38. The quantitative estimate of drug-likeness (QED) is 0.893. The van der Waals surface area contributed by atoms with Crippen molar-refractivity contribution in [2.45, 2.75) is 13.1 Å². The Hall–Kier alpha value is -2.90. The highest BCUT2D eigenvalue weighted by Gasteiger charge is 2.24. The topological polar surface area (TPSA) is 97.6 Å². The first-order valence-electron chi connectivity index (χ1n) is 6.68. The number of amides is 1. The van der Waals surface area contributed by atoms with Crippen molar-refractivity contribution >= 4 is 11.9 Å². The Morgan fingerprint density at radius 1 is 1.32 bits per heavy atom. The number of carboxylic acids is 1. The second-order valence-electron chi connectivity index (χ2n) is 4.86. The minimum Gasteiger partial charge on any atom is -0.481 e. The third-order valence-corrected chi connectivity index (χ3v) is 3.50. The van der Waals surface area contributed by atoms with Crippen LogP contribution < -0.4 is 4.74 Å². The van der Waals surface area contributed by atoms with Gasteiger partial charge in [0.1, 0.15) is 0 Å². The minimum atomic E-state index is -1.07. The SMILES string of the molecule is COc1cc(C(=O)N2CCn3nc(C(=O)O)cc3C2)ccn1. The summed E-state index contributed by atoms with van der Waals surface area (Å²) in [6.07, 6.45) is 1.52. The van der Waals surface area contributed by atoms with Crippen LogP contribution in [0.5, 0.6) is 5.88 Å². The first-order valence-corrected chi connectivity index (χ1v) is 6.68. The molecule has 22 heavy (non-hydrogen) atoms. The van der Waals surface area contributed by atoms with Crippen LogP contribution in [0.25, 0.3) is 0 Å². The summed E-state index contributed by atoms with van der Waals surface area (Å²) in [5, 5.41) is 13.0. The third kappa shape index (κ3) is 2.50. The van der Waals surface area contributed by atoms with Gasteiger partial charge in [-0.25, -0.2) is 9.78 Å². The van der Waals surface area contributed by atoms with Crippen molar-refractivity contribution in [1.82, 2.24) is 19.7 Å². The molecule has 114 valence electrons. The van der Waals surface area contributed by atoms with E-state index in [2.05, 4.69) is 10.1 Å². The fraction of sp³-hybridized carbons (Fsp3) is 0.286. The Morgan fingerprint density at radius 3 is 2.86 bits per heavy atom. The Morgan fingerprint density at radius 2 is 2.14 bits per heavy atom. The highest BCUT2D eigenvalue weighted by atomic mass is 16.5. The summed E-state index contributed by atoms with van der Waals surface area (Å²) in [6, 6.07) is 4.70. The zero-order chi connectivity index (χ0) is 15.7. The van der Waals surface area contributed by atoms with Gasteiger partial charge in [-0.1, -0.05) is 0 Å². The maximum absolute atomic E-state index is 12.5. The molecule has 0 aliphatic carbocycles. The van der Waals surface area contributed by atoms with E-state index in [-0.39, 0.29) is 11.6 Å². The molecule has 8 heteroatoms. The molecule has 0 fully saturated rings. The lowest BCUT2D eigenvalue weighted by molar-refractivity contribution is 0.0680. The molecule has 3 rings (SSSR count). The Kier molecular flexibility index (Phi) is 3.50. The average Bonchev–Trinajstić information content (AvgIpc) is 2.97. The monoisotopic (exact) mass is 302 g/mol. The summed E-state index contributed by atoms with van der Waals surface area (Å²) in [6.45, 7) is 1.26. The number of fused-ring (bicyclic) bond motifs is 1. The van der Waals surface area contributed by atoms with E-state index in [1.807, 2.05) is 0 Å². The molecular formula is C14H14N4O4. The lowest BCUT2D eigenvalue weighted by atomic mass is 10.2. The van der Waals surface area contributed by atoms with Crippen LogP contribution in [0.15, 0.2) is 24.4 Å². The van der Waals surface area contributed by atoms with E-state index < -0.39 is 5.97 Å². The molecule has 0 unspecified atom stereocenters. The van der Waals surface area contributed by atoms with Crippen molar-refractivity contribution in [3.8, 4) is 5.88 Å². The fourth-order valence-electron chi connectivity index (χ4n) is 2.38. The number of pyridine rings is 1. The zero-order valence-corrected chi connectivity index (χ0v) is 11.9. The van der Waals surface area contributed by atoms with Crippen molar-refractivity contribution in [3.05, 3.63) is 41.3 Å². The van der Waals surface area contributed by atoms with E-state index in [9.17, 15) is 9.59 Å². The number of aromatic nitrogens is 3. The van der Waals surface area contributed by atoms with Crippen LogP contribution in [0.3, 0.4) is 0 Å². The normalized spacial score (nSPS) is 13.6. The Balaban J connectivity index is 1.81. The van der Waals surface area contributed by atoms with Crippen molar-refractivity contribution < 1.29 is 19.4 Å². The van der Waals surface area contributed by atoms with Crippen LogP contribution in [0.1, 0.15) is 26.5 Å². The molecular weight excluding hydrogens is 288 g/mol. The van der Waals surface area contributed by atoms with Crippen molar-refractivity contribution in [3.63, 3.8) is 0 Å². The first kappa shape index (κ1) is 14.1.